The molecule has 1 spiro atoms. The summed E-state index contributed by atoms with van der Waals surface area (Å²) in [6.45, 7) is 9.29. The third-order valence-corrected chi connectivity index (χ3v) is 7.82. The summed E-state index contributed by atoms with van der Waals surface area (Å²) in [6.07, 6.45) is 3.70. The zero-order chi connectivity index (χ0) is 25.7. The van der Waals surface area contributed by atoms with Crippen LogP contribution in [-0.4, -0.2) is 71.4 Å². The minimum atomic E-state index is -0.627. The molecule has 0 bridgehead atoms. The summed E-state index contributed by atoms with van der Waals surface area (Å²) in [5.74, 6) is -0.215. The van der Waals surface area contributed by atoms with Gasteiger partial charge < -0.3 is 19.3 Å². The lowest BCUT2D eigenvalue weighted by molar-refractivity contribution is -0.155. The molecule has 0 radical (unpaired) electrons. The van der Waals surface area contributed by atoms with E-state index in [1.807, 2.05) is 32.9 Å². The van der Waals surface area contributed by atoms with Crippen LogP contribution in [0.3, 0.4) is 0 Å². The van der Waals surface area contributed by atoms with E-state index < -0.39 is 17.6 Å². The maximum Gasteiger partial charge on any atom is 0.306 e. The van der Waals surface area contributed by atoms with Crippen LogP contribution in [0, 0.1) is 0 Å². The Labute approximate surface area is 211 Å². The number of hydrogen-bond acceptors (Lipinski definition) is 7. The number of carbonyl (C=O) groups is 4. The molecule has 0 aliphatic carbocycles. The number of amides is 3. The number of fused-ring (bicyclic) bond motifs is 4. The van der Waals surface area contributed by atoms with Crippen LogP contribution < -0.4 is 10.1 Å². The predicted molar refractivity (Wildman–Crippen MR) is 130 cm³/mol. The second kappa shape index (κ2) is 9.18. The molecular formula is C27H35N3O6. The van der Waals surface area contributed by atoms with E-state index in [-0.39, 0.29) is 29.6 Å². The molecule has 4 aliphatic heterocycles. The van der Waals surface area contributed by atoms with Gasteiger partial charge in [0.05, 0.1) is 13.2 Å². The van der Waals surface area contributed by atoms with Crippen molar-refractivity contribution in [2.75, 3.05) is 26.2 Å². The van der Waals surface area contributed by atoms with E-state index in [0.717, 1.165) is 55.8 Å². The molecule has 1 N–H and O–H groups in total. The van der Waals surface area contributed by atoms with Crippen LogP contribution in [0.2, 0.25) is 0 Å². The van der Waals surface area contributed by atoms with Gasteiger partial charge in [-0.2, -0.15) is 0 Å². The van der Waals surface area contributed by atoms with Gasteiger partial charge in [-0.1, -0.05) is 6.07 Å². The summed E-state index contributed by atoms with van der Waals surface area (Å²) in [6, 6.07) is 3.29. The number of rotatable bonds is 5. The Balaban J connectivity index is 1.21. The summed E-state index contributed by atoms with van der Waals surface area (Å²) < 4.78 is 11.6. The highest BCUT2D eigenvalue weighted by molar-refractivity contribution is 6.05. The summed E-state index contributed by atoms with van der Waals surface area (Å²) >= 11 is 0. The van der Waals surface area contributed by atoms with Crippen LogP contribution in [-0.2, 0) is 31.1 Å². The third kappa shape index (κ3) is 4.61. The number of likely N-dealkylation sites (tertiary alicyclic amines) is 1. The molecule has 9 nitrogen and oxygen atoms in total. The van der Waals surface area contributed by atoms with Crippen molar-refractivity contribution in [1.29, 1.82) is 0 Å². The average Bonchev–Trinajstić information content (AvgIpc) is 3.32. The number of imide groups is 1. The standard InChI is InChI=1S/C27H35N3O6/c1-26(2,3)36-22(32)5-4-12-29-13-10-27(11-14-29)16-35-23-18-15-30(20-8-9-21(31)28-24(20)33)25(34)17(18)6-7-19(23)27/h6-7,20H,4-5,8-16H2,1-3H3,(H,28,31,33)/t20-/m0/s1. The van der Waals surface area contributed by atoms with Crippen molar-refractivity contribution >= 4 is 23.7 Å². The highest BCUT2D eigenvalue weighted by Gasteiger charge is 2.47. The van der Waals surface area contributed by atoms with Gasteiger partial charge in [-0.05, 0) is 72.2 Å². The molecule has 36 heavy (non-hydrogen) atoms. The Morgan fingerprint density at radius 3 is 2.64 bits per heavy atom. The SMILES string of the molecule is CC(C)(C)OC(=O)CCCN1CCC2(CC1)COc1c2ccc2c1CN([C@H]1CCC(=O)NC1=O)C2=O. The molecule has 194 valence electrons. The monoisotopic (exact) mass is 497 g/mol. The Kier molecular flexibility index (Phi) is 6.31. The fourth-order valence-electron chi connectivity index (χ4n) is 5.94. The summed E-state index contributed by atoms with van der Waals surface area (Å²) in [5.41, 5.74) is 2.09. The Bertz CT molecular complexity index is 1100. The smallest absolute Gasteiger partial charge is 0.306 e. The molecule has 1 aromatic carbocycles. The molecule has 2 fully saturated rings. The minimum Gasteiger partial charge on any atom is -0.492 e. The van der Waals surface area contributed by atoms with Crippen LogP contribution in [0.4, 0.5) is 0 Å². The van der Waals surface area contributed by atoms with Gasteiger partial charge in [-0.25, -0.2) is 0 Å². The molecule has 0 unspecified atom stereocenters. The van der Waals surface area contributed by atoms with E-state index in [0.29, 0.717) is 31.6 Å². The average molecular weight is 498 g/mol. The molecule has 2 saturated heterocycles. The molecular weight excluding hydrogens is 462 g/mol. The zero-order valence-electron chi connectivity index (χ0n) is 21.4. The molecule has 3 amide bonds. The van der Waals surface area contributed by atoms with Gasteiger partial charge in [-0.3, -0.25) is 24.5 Å². The largest absolute Gasteiger partial charge is 0.492 e. The van der Waals surface area contributed by atoms with Crippen molar-refractivity contribution < 1.29 is 28.7 Å². The van der Waals surface area contributed by atoms with Crippen molar-refractivity contribution in [1.82, 2.24) is 15.1 Å². The van der Waals surface area contributed by atoms with Crippen LogP contribution in [0.5, 0.6) is 5.75 Å². The normalized spacial score (nSPS) is 23.4. The molecule has 4 aliphatic rings. The number of carbonyl (C=O) groups excluding carboxylic acids is 4. The second-order valence-electron chi connectivity index (χ2n) is 11.5. The first kappa shape index (κ1) is 24.7. The summed E-state index contributed by atoms with van der Waals surface area (Å²) in [7, 11) is 0. The third-order valence-electron chi connectivity index (χ3n) is 7.82. The highest BCUT2D eigenvalue weighted by Crippen LogP contribution is 2.49. The summed E-state index contributed by atoms with van der Waals surface area (Å²) in [4.78, 5) is 53.0. The van der Waals surface area contributed by atoms with Gasteiger partial charge in [-0.15, -0.1) is 0 Å². The minimum absolute atomic E-state index is 0.0723. The topological polar surface area (TPSA) is 105 Å². The van der Waals surface area contributed by atoms with Crippen molar-refractivity contribution in [3.63, 3.8) is 0 Å². The van der Waals surface area contributed by atoms with Crippen LogP contribution >= 0.6 is 0 Å². The predicted octanol–water partition coefficient (Wildman–Crippen LogP) is 2.30. The van der Waals surface area contributed by atoms with Crippen LogP contribution in [0.25, 0.3) is 0 Å². The maximum atomic E-state index is 13.1. The van der Waals surface area contributed by atoms with Gasteiger partial charge in [0.25, 0.3) is 5.91 Å². The molecule has 1 atom stereocenters. The second-order valence-corrected chi connectivity index (χ2v) is 11.5. The first-order valence-electron chi connectivity index (χ1n) is 12.9. The molecule has 9 heteroatoms. The quantitative estimate of drug-likeness (QED) is 0.492. The van der Waals surface area contributed by atoms with E-state index in [4.69, 9.17) is 9.47 Å². The molecule has 0 saturated carbocycles. The first-order chi connectivity index (χ1) is 17.1. The Morgan fingerprint density at radius 1 is 1.19 bits per heavy atom. The van der Waals surface area contributed by atoms with Gasteiger partial charge in [0.2, 0.25) is 11.8 Å². The fraction of sp³-hybridized carbons (Fsp3) is 0.630. The molecule has 1 aromatic rings. The van der Waals surface area contributed by atoms with E-state index in [2.05, 4.69) is 10.2 Å². The zero-order valence-corrected chi connectivity index (χ0v) is 21.4. The van der Waals surface area contributed by atoms with Crippen molar-refractivity contribution in [2.45, 2.75) is 82.9 Å². The van der Waals surface area contributed by atoms with Crippen molar-refractivity contribution in [2.24, 2.45) is 0 Å². The van der Waals surface area contributed by atoms with Crippen LogP contribution in [0.1, 0.15) is 80.8 Å². The molecule has 0 aromatic heterocycles. The first-order valence-corrected chi connectivity index (χ1v) is 12.9. The fourth-order valence-corrected chi connectivity index (χ4v) is 5.94. The van der Waals surface area contributed by atoms with Gasteiger partial charge in [0.15, 0.2) is 0 Å². The Morgan fingerprint density at radius 2 is 1.94 bits per heavy atom. The number of nitrogens with zero attached hydrogens (tertiary/aromatic N) is 2. The lowest BCUT2D eigenvalue weighted by Crippen LogP contribution is -2.52. The van der Waals surface area contributed by atoms with Gasteiger partial charge in [0, 0.05) is 34.9 Å². The maximum absolute atomic E-state index is 13.1. The van der Waals surface area contributed by atoms with Gasteiger partial charge in [0.1, 0.15) is 17.4 Å². The van der Waals surface area contributed by atoms with E-state index in [1.54, 1.807) is 4.90 Å². The Hall–Kier alpha value is -2.94. The number of esters is 1. The lowest BCUT2D eigenvalue weighted by Gasteiger charge is -2.38. The number of hydrogen-bond donors (Lipinski definition) is 1. The van der Waals surface area contributed by atoms with Crippen molar-refractivity contribution in [3.05, 3.63) is 28.8 Å². The lowest BCUT2D eigenvalue weighted by atomic mass is 9.74. The van der Waals surface area contributed by atoms with E-state index in [1.165, 1.54) is 0 Å². The van der Waals surface area contributed by atoms with Gasteiger partial charge >= 0.3 is 5.97 Å². The number of ether oxygens (including phenoxy) is 2. The summed E-state index contributed by atoms with van der Waals surface area (Å²) in [5, 5.41) is 2.35. The van der Waals surface area contributed by atoms with Crippen LogP contribution in [0.15, 0.2) is 12.1 Å². The van der Waals surface area contributed by atoms with Crippen molar-refractivity contribution in [3.8, 4) is 5.75 Å². The number of benzene rings is 1. The number of piperidine rings is 2. The molecule has 4 heterocycles. The molecule has 5 rings (SSSR count). The van der Waals surface area contributed by atoms with E-state index in [9.17, 15) is 19.2 Å². The highest BCUT2D eigenvalue weighted by atomic mass is 16.6. The number of nitrogens with one attached hydrogen (secondary N) is 1. The van der Waals surface area contributed by atoms with E-state index >= 15 is 0 Å².